The number of amides is 1. The fourth-order valence-electron chi connectivity index (χ4n) is 4.43. The van der Waals surface area contributed by atoms with Gasteiger partial charge in [-0.05, 0) is 55.7 Å². The van der Waals surface area contributed by atoms with E-state index in [2.05, 4.69) is 26.8 Å². The SMILES string of the molecule is CC1CCc2c(sc3nc(C4CC4)n4c(SCC(=O)Nc5ccccc5Cl)nnc4c23)C1. The molecule has 164 valence electrons. The highest BCUT2D eigenvalue weighted by molar-refractivity contribution is 7.99. The number of benzene rings is 1. The summed E-state index contributed by atoms with van der Waals surface area (Å²) in [5.41, 5.74) is 2.92. The standard InChI is InChI=1S/C23H22ClN5OS2/c1-12-6-9-14-17(10-12)32-22-19(14)21-27-28-23(29(21)20(26-22)13-7-8-13)31-11-18(30)25-16-5-3-2-4-15(16)24/h2-5,12-13H,6-11H2,1H3,(H,25,30). The molecule has 1 unspecified atom stereocenters. The topological polar surface area (TPSA) is 72.2 Å². The molecule has 1 saturated carbocycles. The zero-order chi connectivity index (χ0) is 21.8. The van der Waals surface area contributed by atoms with E-state index in [-0.39, 0.29) is 11.7 Å². The van der Waals surface area contributed by atoms with Crippen LogP contribution in [0.4, 0.5) is 5.69 Å². The quantitative estimate of drug-likeness (QED) is 0.367. The highest BCUT2D eigenvalue weighted by Crippen LogP contribution is 2.44. The van der Waals surface area contributed by atoms with Gasteiger partial charge in [0.1, 0.15) is 10.7 Å². The lowest BCUT2D eigenvalue weighted by atomic mass is 9.89. The molecule has 1 aromatic carbocycles. The predicted octanol–water partition coefficient (Wildman–Crippen LogP) is 5.73. The van der Waals surface area contributed by atoms with E-state index in [0.717, 1.165) is 53.1 Å². The largest absolute Gasteiger partial charge is 0.324 e. The van der Waals surface area contributed by atoms with Gasteiger partial charge in [-0.3, -0.25) is 9.20 Å². The number of para-hydroxylation sites is 1. The van der Waals surface area contributed by atoms with Gasteiger partial charge in [-0.25, -0.2) is 4.98 Å². The van der Waals surface area contributed by atoms with E-state index in [9.17, 15) is 4.79 Å². The molecule has 0 saturated heterocycles. The van der Waals surface area contributed by atoms with Crippen molar-refractivity contribution in [3.05, 3.63) is 45.6 Å². The first-order valence-corrected chi connectivity index (χ1v) is 13.1. The van der Waals surface area contributed by atoms with Crippen LogP contribution in [0.2, 0.25) is 5.02 Å². The van der Waals surface area contributed by atoms with Gasteiger partial charge in [-0.15, -0.1) is 21.5 Å². The van der Waals surface area contributed by atoms with Crippen molar-refractivity contribution in [1.29, 1.82) is 0 Å². The second-order valence-electron chi connectivity index (χ2n) is 8.73. The number of rotatable bonds is 5. The van der Waals surface area contributed by atoms with Crippen molar-refractivity contribution in [3.8, 4) is 0 Å². The van der Waals surface area contributed by atoms with Crippen molar-refractivity contribution in [1.82, 2.24) is 19.6 Å². The molecular weight excluding hydrogens is 462 g/mol. The number of thiophene rings is 1. The third kappa shape index (κ3) is 3.58. The Balaban J connectivity index is 1.35. The fourth-order valence-corrected chi connectivity index (χ4v) is 6.73. The average Bonchev–Trinajstić information content (AvgIpc) is 3.44. The summed E-state index contributed by atoms with van der Waals surface area (Å²) in [4.78, 5) is 20.2. The van der Waals surface area contributed by atoms with E-state index in [1.165, 1.54) is 34.0 Å². The van der Waals surface area contributed by atoms with Gasteiger partial charge in [0.05, 0.1) is 21.8 Å². The van der Waals surface area contributed by atoms with Gasteiger partial charge < -0.3 is 5.32 Å². The van der Waals surface area contributed by atoms with E-state index < -0.39 is 0 Å². The van der Waals surface area contributed by atoms with Crippen molar-refractivity contribution >= 4 is 62.2 Å². The molecule has 6 rings (SSSR count). The van der Waals surface area contributed by atoms with Crippen LogP contribution in [0.15, 0.2) is 29.4 Å². The molecule has 32 heavy (non-hydrogen) atoms. The monoisotopic (exact) mass is 483 g/mol. The Morgan fingerprint density at radius 3 is 2.94 bits per heavy atom. The number of nitrogens with one attached hydrogen (secondary N) is 1. The lowest BCUT2D eigenvalue weighted by Gasteiger charge is -2.17. The summed E-state index contributed by atoms with van der Waals surface area (Å²) >= 11 is 9.39. The number of fused-ring (bicyclic) bond motifs is 5. The molecule has 2 aliphatic carbocycles. The van der Waals surface area contributed by atoms with E-state index in [1.807, 2.05) is 23.5 Å². The van der Waals surface area contributed by atoms with Gasteiger partial charge in [-0.2, -0.15) is 0 Å². The third-order valence-electron chi connectivity index (χ3n) is 6.22. The first-order chi connectivity index (χ1) is 15.6. The Bertz CT molecular complexity index is 1360. The highest BCUT2D eigenvalue weighted by atomic mass is 35.5. The number of halogens is 1. The Labute approximate surface area is 198 Å². The third-order valence-corrected chi connectivity index (χ3v) is 8.62. The molecule has 0 spiro atoms. The van der Waals surface area contributed by atoms with E-state index in [0.29, 0.717) is 16.6 Å². The molecule has 3 heterocycles. The van der Waals surface area contributed by atoms with Crippen molar-refractivity contribution in [2.45, 2.75) is 50.1 Å². The van der Waals surface area contributed by atoms with Crippen LogP contribution in [0.25, 0.3) is 15.9 Å². The Hall–Kier alpha value is -2.16. The molecule has 0 bridgehead atoms. The molecule has 3 aromatic heterocycles. The number of carbonyl (C=O) groups excluding carboxylic acids is 1. The lowest BCUT2D eigenvalue weighted by molar-refractivity contribution is -0.113. The van der Waals surface area contributed by atoms with Crippen LogP contribution < -0.4 is 5.32 Å². The van der Waals surface area contributed by atoms with Gasteiger partial charge in [-0.1, -0.05) is 42.4 Å². The molecule has 0 radical (unpaired) electrons. The van der Waals surface area contributed by atoms with E-state index in [4.69, 9.17) is 16.6 Å². The lowest BCUT2D eigenvalue weighted by Crippen LogP contribution is -2.14. The first-order valence-electron chi connectivity index (χ1n) is 10.9. The number of carbonyl (C=O) groups is 1. The molecule has 4 aromatic rings. The van der Waals surface area contributed by atoms with Gasteiger partial charge in [0, 0.05) is 10.8 Å². The number of anilines is 1. The average molecular weight is 484 g/mol. The smallest absolute Gasteiger partial charge is 0.234 e. The maximum Gasteiger partial charge on any atom is 0.234 e. The minimum atomic E-state index is -0.122. The van der Waals surface area contributed by atoms with Crippen molar-refractivity contribution in [2.75, 3.05) is 11.1 Å². The summed E-state index contributed by atoms with van der Waals surface area (Å²) in [6, 6.07) is 7.25. The highest BCUT2D eigenvalue weighted by Gasteiger charge is 2.32. The van der Waals surface area contributed by atoms with Gasteiger partial charge >= 0.3 is 0 Å². The zero-order valence-electron chi connectivity index (χ0n) is 17.6. The number of thioether (sulfide) groups is 1. The van der Waals surface area contributed by atoms with E-state index in [1.54, 1.807) is 12.1 Å². The Morgan fingerprint density at radius 2 is 2.12 bits per heavy atom. The number of hydrogen-bond donors (Lipinski definition) is 1. The molecule has 1 fully saturated rings. The van der Waals surface area contributed by atoms with Gasteiger partial charge in [0.15, 0.2) is 10.8 Å². The maximum atomic E-state index is 12.6. The van der Waals surface area contributed by atoms with Crippen LogP contribution in [-0.2, 0) is 17.6 Å². The molecule has 1 atom stereocenters. The molecule has 2 aliphatic rings. The van der Waals surface area contributed by atoms with Crippen molar-refractivity contribution in [3.63, 3.8) is 0 Å². The summed E-state index contributed by atoms with van der Waals surface area (Å²) in [6.45, 7) is 2.32. The summed E-state index contributed by atoms with van der Waals surface area (Å²) in [6.07, 6.45) is 5.69. The minimum absolute atomic E-state index is 0.122. The predicted molar refractivity (Wildman–Crippen MR) is 130 cm³/mol. The van der Waals surface area contributed by atoms with Gasteiger partial charge in [0.25, 0.3) is 0 Å². The number of hydrogen-bond acceptors (Lipinski definition) is 6. The molecule has 1 N–H and O–H groups in total. The second kappa shape index (κ2) is 8.01. The minimum Gasteiger partial charge on any atom is -0.324 e. The molecule has 9 heteroatoms. The Kier molecular flexibility index (Phi) is 5.12. The molecule has 0 aliphatic heterocycles. The van der Waals surface area contributed by atoms with Crippen LogP contribution >= 0.6 is 34.7 Å². The fraction of sp³-hybridized carbons (Fsp3) is 0.391. The normalized spacial score (nSPS) is 18.2. The molecule has 6 nitrogen and oxygen atoms in total. The summed E-state index contributed by atoms with van der Waals surface area (Å²) in [7, 11) is 0. The van der Waals surface area contributed by atoms with E-state index >= 15 is 0 Å². The summed E-state index contributed by atoms with van der Waals surface area (Å²) < 4.78 is 2.11. The Morgan fingerprint density at radius 1 is 1.28 bits per heavy atom. The summed E-state index contributed by atoms with van der Waals surface area (Å²) in [5, 5.41) is 14.4. The van der Waals surface area contributed by atoms with Crippen molar-refractivity contribution < 1.29 is 4.79 Å². The maximum absolute atomic E-state index is 12.6. The van der Waals surface area contributed by atoms with Gasteiger partial charge in [0.2, 0.25) is 5.91 Å². The van der Waals surface area contributed by atoms with Crippen LogP contribution in [0.3, 0.4) is 0 Å². The van der Waals surface area contributed by atoms with Crippen molar-refractivity contribution in [2.24, 2.45) is 5.92 Å². The van der Waals surface area contributed by atoms with Crippen LogP contribution in [0.5, 0.6) is 0 Å². The van der Waals surface area contributed by atoms with Crippen LogP contribution in [0.1, 0.15) is 48.4 Å². The molecular formula is C23H22ClN5OS2. The molecule has 1 amide bonds. The number of aromatic nitrogens is 4. The number of aryl methyl sites for hydroxylation is 1. The number of nitrogens with zero attached hydrogens (tertiary/aromatic N) is 4. The van der Waals surface area contributed by atoms with Crippen LogP contribution in [-0.4, -0.2) is 31.2 Å². The second-order valence-corrected chi connectivity index (χ2v) is 11.2. The summed E-state index contributed by atoms with van der Waals surface area (Å²) in [5.74, 6) is 2.32. The zero-order valence-corrected chi connectivity index (χ0v) is 20.0. The van der Waals surface area contributed by atoms with Crippen LogP contribution in [0, 0.1) is 5.92 Å². The first kappa shape index (κ1) is 20.4.